The number of amides is 3. The molecule has 3 amide bonds. The molecule has 144 valence electrons. The predicted molar refractivity (Wildman–Crippen MR) is 105 cm³/mol. The summed E-state index contributed by atoms with van der Waals surface area (Å²) in [4.78, 5) is 43.0. The van der Waals surface area contributed by atoms with Gasteiger partial charge >= 0.3 is 0 Å². The van der Waals surface area contributed by atoms with Gasteiger partial charge in [0.25, 0.3) is 17.7 Å². The summed E-state index contributed by atoms with van der Waals surface area (Å²) in [5.74, 6) is -0.360. The fourth-order valence-corrected chi connectivity index (χ4v) is 3.84. The Balaban J connectivity index is 1.31. The second kappa shape index (κ2) is 7.56. The van der Waals surface area contributed by atoms with Gasteiger partial charge in [0, 0.05) is 44.8 Å². The zero-order valence-electron chi connectivity index (χ0n) is 15.9. The first kappa shape index (κ1) is 18.4. The maximum atomic E-state index is 12.7. The van der Waals surface area contributed by atoms with Gasteiger partial charge in [0.1, 0.15) is 0 Å². The number of carbonyl (C=O) groups is 3. The molecule has 0 aromatic heterocycles. The van der Waals surface area contributed by atoms with E-state index in [1.54, 1.807) is 24.3 Å². The van der Waals surface area contributed by atoms with Gasteiger partial charge in [-0.3, -0.25) is 24.2 Å². The third-order valence-corrected chi connectivity index (χ3v) is 5.55. The molecule has 6 heteroatoms. The molecule has 1 saturated heterocycles. The van der Waals surface area contributed by atoms with E-state index in [0.29, 0.717) is 37.3 Å². The van der Waals surface area contributed by atoms with Gasteiger partial charge < -0.3 is 4.90 Å². The minimum Gasteiger partial charge on any atom is -0.336 e. The second-order valence-corrected chi connectivity index (χ2v) is 7.26. The van der Waals surface area contributed by atoms with Crippen molar-refractivity contribution in [3.8, 4) is 0 Å². The SMILES string of the molecule is Cc1ccccc1C(=O)N1CCN(CCN2C(=O)c3ccccc3C2=O)CC1. The summed E-state index contributed by atoms with van der Waals surface area (Å²) >= 11 is 0. The maximum absolute atomic E-state index is 12.7. The lowest BCUT2D eigenvalue weighted by Gasteiger charge is -2.35. The Hall–Kier alpha value is -2.99. The van der Waals surface area contributed by atoms with Crippen LogP contribution in [0.15, 0.2) is 48.5 Å². The molecule has 0 N–H and O–H groups in total. The summed E-state index contributed by atoms with van der Waals surface area (Å²) in [5, 5.41) is 0. The largest absolute Gasteiger partial charge is 0.336 e. The molecule has 2 aromatic rings. The van der Waals surface area contributed by atoms with Crippen LogP contribution in [0.1, 0.15) is 36.6 Å². The van der Waals surface area contributed by atoms with E-state index < -0.39 is 0 Å². The number of hydrogen-bond acceptors (Lipinski definition) is 4. The van der Waals surface area contributed by atoms with Crippen molar-refractivity contribution in [2.75, 3.05) is 39.3 Å². The molecule has 2 aliphatic heterocycles. The highest BCUT2D eigenvalue weighted by molar-refractivity contribution is 6.21. The fraction of sp³-hybridized carbons (Fsp3) is 0.318. The number of nitrogens with zero attached hydrogens (tertiary/aromatic N) is 3. The van der Waals surface area contributed by atoms with Crippen LogP contribution in [0, 0.1) is 6.92 Å². The van der Waals surface area contributed by atoms with Crippen molar-refractivity contribution in [1.82, 2.24) is 14.7 Å². The van der Waals surface area contributed by atoms with Crippen LogP contribution in [0.3, 0.4) is 0 Å². The van der Waals surface area contributed by atoms with E-state index in [0.717, 1.165) is 24.2 Å². The van der Waals surface area contributed by atoms with Crippen molar-refractivity contribution in [2.24, 2.45) is 0 Å². The summed E-state index contributed by atoms with van der Waals surface area (Å²) in [5.41, 5.74) is 2.71. The number of piperazine rings is 1. The van der Waals surface area contributed by atoms with Crippen LogP contribution < -0.4 is 0 Å². The Morgan fingerprint density at radius 1 is 0.821 bits per heavy atom. The van der Waals surface area contributed by atoms with E-state index in [1.807, 2.05) is 36.1 Å². The van der Waals surface area contributed by atoms with Crippen LogP contribution in [0.2, 0.25) is 0 Å². The molecule has 6 nitrogen and oxygen atoms in total. The minimum absolute atomic E-state index is 0.0677. The Bertz CT molecular complexity index is 897. The zero-order valence-corrected chi connectivity index (χ0v) is 15.9. The number of fused-ring (bicyclic) bond motifs is 1. The fourth-order valence-electron chi connectivity index (χ4n) is 3.84. The number of rotatable bonds is 4. The van der Waals surface area contributed by atoms with E-state index in [1.165, 1.54) is 4.90 Å². The first-order chi connectivity index (χ1) is 13.6. The molecule has 2 aromatic carbocycles. The van der Waals surface area contributed by atoms with Crippen LogP contribution in [-0.4, -0.2) is 71.7 Å². The summed E-state index contributed by atoms with van der Waals surface area (Å²) in [6, 6.07) is 14.6. The van der Waals surface area contributed by atoms with Gasteiger partial charge in [-0.25, -0.2) is 0 Å². The Labute approximate surface area is 164 Å². The highest BCUT2D eigenvalue weighted by atomic mass is 16.2. The molecule has 0 spiro atoms. The average molecular weight is 377 g/mol. The van der Waals surface area contributed by atoms with Crippen LogP contribution in [0.4, 0.5) is 0 Å². The third kappa shape index (κ3) is 3.31. The van der Waals surface area contributed by atoms with Crippen LogP contribution in [0.5, 0.6) is 0 Å². The molecule has 2 aliphatic rings. The van der Waals surface area contributed by atoms with E-state index in [2.05, 4.69) is 4.90 Å². The highest BCUT2D eigenvalue weighted by Crippen LogP contribution is 2.22. The molecular formula is C22H23N3O3. The Kier molecular flexibility index (Phi) is 4.96. The van der Waals surface area contributed by atoms with Crippen molar-refractivity contribution >= 4 is 17.7 Å². The smallest absolute Gasteiger partial charge is 0.261 e. The highest BCUT2D eigenvalue weighted by Gasteiger charge is 2.35. The van der Waals surface area contributed by atoms with Gasteiger partial charge in [0.05, 0.1) is 11.1 Å². The van der Waals surface area contributed by atoms with Gasteiger partial charge in [-0.1, -0.05) is 30.3 Å². The number of hydrogen-bond donors (Lipinski definition) is 0. The molecule has 0 radical (unpaired) electrons. The van der Waals surface area contributed by atoms with Gasteiger partial charge in [0.2, 0.25) is 0 Å². The lowest BCUT2D eigenvalue weighted by molar-refractivity contribution is 0.0578. The number of carbonyl (C=O) groups excluding carboxylic acids is 3. The number of benzene rings is 2. The Morgan fingerprint density at radius 2 is 1.39 bits per heavy atom. The molecule has 0 unspecified atom stereocenters. The van der Waals surface area contributed by atoms with Gasteiger partial charge in [-0.05, 0) is 30.7 Å². The lowest BCUT2D eigenvalue weighted by atomic mass is 10.1. The monoisotopic (exact) mass is 377 g/mol. The quantitative estimate of drug-likeness (QED) is 0.765. The van der Waals surface area contributed by atoms with E-state index in [-0.39, 0.29) is 17.7 Å². The van der Waals surface area contributed by atoms with Crippen molar-refractivity contribution in [3.05, 3.63) is 70.8 Å². The average Bonchev–Trinajstić information content (AvgIpc) is 2.97. The number of aryl methyl sites for hydroxylation is 1. The van der Waals surface area contributed by atoms with Crippen LogP contribution >= 0.6 is 0 Å². The predicted octanol–water partition coefficient (Wildman–Crippen LogP) is 2.05. The molecule has 28 heavy (non-hydrogen) atoms. The second-order valence-electron chi connectivity index (χ2n) is 7.26. The molecule has 0 atom stereocenters. The first-order valence-corrected chi connectivity index (χ1v) is 9.59. The lowest BCUT2D eigenvalue weighted by Crippen LogP contribution is -2.50. The number of imide groups is 1. The Morgan fingerprint density at radius 3 is 2.00 bits per heavy atom. The molecule has 0 bridgehead atoms. The third-order valence-electron chi connectivity index (χ3n) is 5.55. The van der Waals surface area contributed by atoms with Crippen molar-refractivity contribution in [1.29, 1.82) is 0 Å². The molecule has 4 rings (SSSR count). The summed E-state index contributed by atoms with van der Waals surface area (Å²) in [6.07, 6.45) is 0. The topological polar surface area (TPSA) is 60.9 Å². The maximum Gasteiger partial charge on any atom is 0.261 e. The van der Waals surface area contributed by atoms with Crippen molar-refractivity contribution < 1.29 is 14.4 Å². The summed E-state index contributed by atoms with van der Waals surface area (Å²) in [7, 11) is 0. The molecule has 0 aliphatic carbocycles. The zero-order chi connectivity index (χ0) is 19.7. The van der Waals surface area contributed by atoms with Crippen molar-refractivity contribution in [2.45, 2.75) is 6.92 Å². The van der Waals surface area contributed by atoms with Crippen molar-refractivity contribution in [3.63, 3.8) is 0 Å². The first-order valence-electron chi connectivity index (χ1n) is 9.59. The van der Waals surface area contributed by atoms with Crippen LogP contribution in [-0.2, 0) is 0 Å². The van der Waals surface area contributed by atoms with Gasteiger partial charge in [0.15, 0.2) is 0 Å². The normalized spacial score (nSPS) is 17.2. The van der Waals surface area contributed by atoms with Gasteiger partial charge in [-0.2, -0.15) is 0 Å². The molecule has 2 heterocycles. The minimum atomic E-state index is -0.214. The molecular weight excluding hydrogens is 354 g/mol. The van der Waals surface area contributed by atoms with E-state index >= 15 is 0 Å². The standard InChI is InChI=1S/C22H23N3O3/c1-16-6-2-3-7-17(16)20(26)24-13-10-23(11-14-24)12-15-25-21(27)18-8-4-5-9-19(18)22(25)28/h2-9H,10-15H2,1H3. The molecule has 0 saturated carbocycles. The van der Waals surface area contributed by atoms with Crippen LogP contribution in [0.25, 0.3) is 0 Å². The molecule has 1 fully saturated rings. The summed E-state index contributed by atoms with van der Waals surface area (Å²) in [6.45, 7) is 5.72. The van der Waals surface area contributed by atoms with E-state index in [4.69, 9.17) is 0 Å². The van der Waals surface area contributed by atoms with E-state index in [9.17, 15) is 14.4 Å². The van der Waals surface area contributed by atoms with Gasteiger partial charge in [-0.15, -0.1) is 0 Å². The summed E-state index contributed by atoms with van der Waals surface area (Å²) < 4.78 is 0.